The molecule has 0 heterocycles. The van der Waals surface area contributed by atoms with Gasteiger partial charge in [0.1, 0.15) is 5.82 Å². The maximum atomic E-state index is 13.9. The van der Waals surface area contributed by atoms with Gasteiger partial charge in [0, 0.05) is 0 Å². The molecule has 0 amide bonds. The average molecular weight is 279 g/mol. The zero-order chi connectivity index (χ0) is 14.8. The van der Waals surface area contributed by atoms with Crippen molar-refractivity contribution in [1.82, 2.24) is 5.32 Å². The molecule has 1 atom stereocenters. The zero-order valence-electron chi connectivity index (χ0n) is 12.2. The highest BCUT2D eigenvalue weighted by Gasteiger charge is 2.15. The summed E-state index contributed by atoms with van der Waals surface area (Å²) >= 11 is 0. The van der Waals surface area contributed by atoms with Crippen molar-refractivity contribution in [2.75, 3.05) is 7.05 Å². The molecule has 2 heteroatoms. The Hall–Kier alpha value is -2.19. The maximum Gasteiger partial charge on any atom is 0.126 e. The maximum absolute atomic E-state index is 13.9. The van der Waals surface area contributed by atoms with Gasteiger partial charge in [0.2, 0.25) is 0 Å². The number of rotatable bonds is 3. The summed E-state index contributed by atoms with van der Waals surface area (Å²) in [5.41, 5.74) is 2.78. The fourth-order valence-electron chi connectivity index (χ4n) is 2.79. The lowest BCUT2D eigenvalue weighted by Gasteiger charge is -2.20. The Morgan fingerprint density at radius 1 is 0.952 bits per heavy atom. The smallest absolute Gasteiger partial charge is 0.126 e. The highest BCUT2D eigenvalue weighted by Crippen LogP contribution is 2.29. The lowest BCUT2D eigenvalue weighted by molar-refractivity contribution is 0.608. The molecular formula is C19H18FN. The quantitative estimate of drug-likeness (QED) is 0.739. The molecule has 3 aromatic carbocycles. The zero-order valence-corrected chi connectivity index (χ0v) is 12.2. The van der Waals surface area contributed by atoms with Crippen LogP contribution in [0.15, 0.2) is 60.7 Å². The van der Waals surface area contributed by atoms with Crippen molar-refractivity contribution >= 4 is 10.8 Å². The van der Waals surface area contributed by atoms with Crippen LogP contribution in [0.25, 0.3) is 10.8 Å². The second-order valence-electron chi connectivity index (χ2n) is 5.30. The van der Waals surface area contributed by atoms with Crippen LogP contribution in [0.2, 0.25) is 0 Å². The number of aryl methyl sites for hydroxylation is 1. The Kier molecular flexibility index (Phi) is 3.72. The summed E-state index contributed by atoms with van der Waals surface area (Å²) < 4.78 is 13.9. The first-order chi connectivity index (χ1) is 10.2. The standard InChI is InChI=1S/C19H18FN/c1-13-10-11-15(12-18(13)20)19(21-2)17-9-5-7-14-6-3-4-8-16(14)17/h3-12,19,21H,1-2H3. The van der Waals surface area contributed by atoms with Crippen LogP contribution in [0.5, 0.6) is 0 Å². The Morgan fingerprint density at radius 2 is 1.71 bits per heavy atom. The fraction of sp³-hybridized carbons (Fsp3) is 0.158. The van der Waals surface area contributed by atoms with Gasteiger partial charge in [0.25, 0.3) is 0 Å². The van der Waals surface area contributed by atoms with Crippen LogP contribution < -0.4 is 5.32 Å². The fourth-order valence-corrected chi connectivity index (χ4v) is 2.79. The minimum atomic E-state index is -0.159. The van der Waals surface area contributed by atoms with E-state index < -0.39 is 0 Å². The molecule has 21 heavy (non-hydrogen) atoms. The van der Waals surface area contributed by atoms with Crippen LogP contribution in [0.4, 0.5) is 4.39 Å². The van der Waals surface area contributed by atoms with E-state index in [1.807, 2.05) is 37.4 Å². The van der Waals surface area contributed by atoms with Gasteiger partial charge in [-0.2, -0.15) is 0 Å². The van der Waals surface area contributed by atoms with Crippen molar-refractivity contribution in [1.29, 1.82) is 0 Å². The number of halogens is 1. The first-order valence-corrected chi connectivity index (χ1v) is 7.11. The van der Waals surface area contributed by atoms with Gasteiger partial charge in [0.05, 0.1) is 6.04 Å². The van der Waals surface area contributed by atoms with Gasteiger partial charge in [-0.1, -0.05) is 54.6 Å². The van der Waals surface area contributed by atoms with Crippen LogP contribution in [-0.2, 0) is 0 Å². The van der Waals surface area contributed by atoms with Crippen LogP contribution in [-0.4, -0.2) is 7.05 Å². The van der Waals surface area contributed by atoms with Gasteiger partial charge in [-0.15, -0.1) is 0 Å². The summed E-state index contributed by atoms with van der Waals surface area (Å²) in [6, 6.07) is 19.9. The van der Waals surface area contributed by atoms with Crippen LogP contribution in [0.1, 0.15) is 22.7 Å². The molecule has 0 bridgehead atoms. The number of fused-ring (bicyclic) bond motifs is 1. The minimum Gasteiger partial charge on any atom is -0.309 e. The van der Waals surface area contributed by atoms with Gasteiger partial charge in [-0.25, -0.2) is 4.39 Å². The second-order valence-corrected chi connectivity index (χ2v) is 5.30. The van der Waals surface area contributed by atoms with Crippen molar-refractivity contribution in [3.8, 4) is 0 Å². The normalized spacial score (nSPS) is 12.5. The molecular weight excluding hydrogens is 261 g/mol. The predicted octanol–water partition coefficient (Wildman–Crippen LogP) is 4.60. The minimum absolute atomic E-state index is 0.0220. The highest BCUT2D eigenvalue weighted by molar-refractivity contribution is 5.86. The average Bonchev–Trinajstić information content (AvgIpc) is 2.52. The van der Waals surface area contributed by atoms with Crippen LogP contribution in [0.3, 0.4) is 0 Å². The number of hydrogen-bond acceptors (Lipinski definition) is 1. The number of hydrogen-bond donors (Lipinski definition) is 1. The first kappa shape index (κ1) is 13.8. The Bertz CT molecular complexity index is 774. The van der Waals surface area contributed by atoms with E-state index in [4.69, 9.17) is 0 Å². The molecule has 3 rings (SSSR count). The van der Waals surface area contributed by atoms with Gasteiger partial charge in [-0.05, 0) is 47.5 Å². The van der Waals surface area contributed by atoms with E-state index in [2.05, 4.69) is 29.6 Å². The molecule has 1 unspecified atom stereocenters. The van der Waals surface area contributed by atoms with E-state index in [-0.39, 0.29) is 11.9 Å². The first-order valence-electron chi connectivity index (χ1n) is 7.11. The summed E-state index contributed by atoms with van der Waals surface area (Å²) in [7, 11) is 1.91. The molecule has 0 aliphatic carbocycles. The number of benzene rings is 3. The lowest BCUT2D eigenvalue weighted by Crippen LogP contribution is -2.18. The summed E-state index contributed by atoms with van der Waals surface area (Å²) in [6.07, 6.45) is 0. The molecule has 0 fully saturated rings. The Balaban J connectivity index is 2.16. The molecule has 0 radical (unpaired) electrons. The van der Waals surface area contributed by atoms with Gasteiger partial charge in [-0.3, -0.25) is 0 Å². The third-order valence-electron chi connectivity index (χ3n) is 3.95. The van der Waals surface area contributed by atoms with Crippen molar-refractivity contribution in [2.45, 2.75) is 13.0 Å². The molecule has 1 N–H and O–H groups in total. The van der Waals surface area contributed by atoms with Crippen LogP contribution in [0, 0.1) is 12.7 Å². The monoisotopic (exact) mass is 279 g/mol. The largest absolute Gasteiger partial charge is 0.309 e. The SMILES string of the molecule is CNC(c1ccc(C)c(F)c1)c1cccc2ccccc12. The molecule has 106 valence electrons. The van der Waals surface area contributed by atoms with Crippen molar-refractivity contribution in [3.05, 3.63) is 83.2 Å². The van der Waals surface area contributed by atoms with E-state index >= 15 is 0 Å². The van der Waals surface area contributed by atoms with E-state index in [0.29, 0.717) is 5.56 Å². The van der Waals surface area contributed by atoms with Crippen molar-refractivity contribution in [2.24, 2.45) is 0 Å². The molecule has 0 aliphatic rings. The van der Waals surface area contributed by atoms with Gasteiger partial charge in [0.15, 0.2) is 0 Å². The molecule has 3 aromatic rings. The van der Waals surface area contributed by atoms with Gasteiger partial charge < -0.3 is 5.32 Å². The molecule has 0 spiro atoms. The van der Waals surface area contributed by atoms with Crippen LogP contribution >= 0.6 is 0 Å². The van der Waals surface area contributed by atoms with Crippen molar-refractivity contribution < 1.29 is 4.39 Å². The predicted molar refractivity (Wildman–Crippen MR) is 86.0 cm³/mol. The van der Waals surface area contributed by atoms with E-state index in [9.17, 15) is 4.39 Å². The molecule has 0 saturated heterocycles. The molecule has 0 saturated carbocycles. The topological polar surface area (TPSA) is 12.0 Å². The third-order valence-corrected chi connectivity index (χ3v) is 3.95. The Morgan fingerprint density at radius 3 is 2.48 bits per heavy atom. The van der Waals surface area contributed by atoms with Gasteiger partial charge >= 0.3 is 0 Å². The molecule has 0 aliphatic heterocycles. The number of nitrogens with one attached hydrogen (secondary N) is 1. The third kappa shape index (κ3) is 2.55. The van der Waals surface area contributed by atoms with E-state index in [1.165, 1.54) is 16.3 Å². The highest BCUT2D eigenvalue weighted by atomic mass is 19.1. The summed E-state index contributed by atoms with van der Waals surface area (Å²) in [5.74, 6) is -0.159. The Labute approximate surface area is 124 Å². The molecule has 1 nitrogen and oxygen atoms in total. The van der Waals surface area contributed by atoms with E-state index in [1.54, 1.807) is 13.0 Å². The summed E-state index contributed by atoms with van der Waals surface area (Å²) in [6.45, 7) is 1.78. The summed E-state index contributed by atoms with van der Waals surface area (Å²) in [5, 5.41) is 5.70. The van der Waals surface area contributed by atoms with E-state index in [0.717, 1.165) is 5.56 Å². The second kappa shape index (κ2) is 5.66. The van der Waals surface area contributed by atoms with Crippen molar-refractivity contribution in [3.63, 3.8) is 0 Å². The molecule has 0 aromatic heterocycles. The summed E-state index contributed by atoms with van der Waals surface area (Å²) in [4.78, 5) is 0. The lowest BCUT2D eigenvalue weighted by atomic mass is 9.93.